The lowest BCUT2D eigenvalue weighted by Gasteiger charge is -2.22. The van der Waals surface area contributed by atoms with E-state index in [9.17, 15) is 0 Å². The number of aryl methyl sites for hydroxylation is 2. The zero-order chi connectivity index (χ0) is 18.6. The first kappa shape index (κ1) is 23.2. The first-order chi connectivity index (χ1) is 11.8. The first-order valence-electron chi connectivity index (χ1n) is 9.55. The first-order valence-corrected chi connectivity index (χ1v) is 9.55. The molecular weight excluding hydrogens is 441 g/mol. The Hall–Kier alpha value is -0.830. The molecule has 1 aromatic rings. The molecule has 1 saturated heterocycles. The van der Waals surface area contributed by atoms with Crippen LogP contribution in [0.4, 0.5) is 0 Å². The van der Waals surface area contributed by atoms with Crippen molar-refractivity contribution in [3.63, 3.8) is 0 Å². The molecule has 1 aromatic heterocycles. The summed E-state index contributed by atoms with van der Waals surface area (Å²) in [6, 6.07) is 1.03. The number of likely N-dealkylation sites (tertiary alicyclic amines) is 1. The fourth-order valence-electron chi connectivity index (χ4n) is 3.62. The molecular formula is C19H36IN5O. The molecule has 1 aliphatic heterocycles. The summed E-state index contributed by atoms with van der Waals surface area (Å²) >= 11 is 0. The van der Waals surface area contributed by atoms with Gasteiger partial charge in [-0.1, -0.05) is 19.0 Å². The highest BCUT2D eigenvalue weighted by Gasteiger charge is 2.31. The van der Waals surface area contributed by atoms with Crippen LogP contribution in [0, 0.1) is 19.8 Å². The Balaban J connectivity index is 0.00000338. The van der Waals surface area contributed by atoms with E-state index in [1.165, 1.54) is 5.56 Å². The van der Waals surface area contributed by atoms with E-state index in [0.717, 1.165) is 37.0 Å². The molecule has 26 heavy (non-hydrogen) atoms. The summed E-state index contributed by atoms with van der Waals surface area (Å²) in [5.41, 5.74) is 2.15. The third-order valence-electron chi connectivity index (χ3n) is 5.14. The number of halogens is 1. The van der Waals surface area contributed by atoms with E-state index in [-0.39, 0.29) is 29.9 Å². The number of hydrogen-bond acceptors (Lipinski definition) is 4. The van der Waals surface area contributed by atoms with Gasteiger partial charge >= 0.3 is 0 Å². The number of aliphatic imine (C=N–C) groups is 1. The molecule has 3 atom stereocenters. The molecule has 2 heterocycles. The maximum absolute atomic E-state index is 5.29. The highest BCUT2D eigenvalue weighted by atomic mass is 127. The van der Waals surface area contributed by atoms with Gasteiger partial charge in [-0.05, 0) is 40.5 Å². The van der Waals surface area contributed by atoms with Crippen LogP contribution in [0.15, 0.2) is 9.52 Å². The molecule has 6 nitrogen and oxygen atoms in total. The van der Waals surface area contributed by atoms with Crippen molar-refractivity contribution in [1.29, 1.82) is 0 Å². The molecule has 7 heteroatoms. The second-order valence-corrected chi connectivity index (χ2v) is 7.63. The average molecular weight is 477 g/mol. The van der Waals surface area contributed by atoms with Gasteiger partial charge < -0.3 is 15.2 Å². The Morgan fingerprint density at radius 3 is 2.50 bits per heavy atom. The predicted molar refractivity (Wildman–Crippen MR) is 119 cm³/mol. The summed E-state index contributed by atoms with van der Waals surface area (Å²) in [6.45, 7) is 18.9. The molecule has 2 rings (SSSR count). The summed E-state index contributed by atoms with van der Waals surface area (Å²) in [6.07, 6.45) is 0. The maximum atomic E-state index is 5.29. The Labute approximate surface area is 175 Å². The standard InChI is InChI=1S/C19H35N5O.HI/c1-8-20-19(22-17-11-24(12(2)3)10-14(17)5)21-9-13(4)18-15(6)23-25-16(18)7;/h12-14,17H,8-11H2,1-7H3,(H2,20,21,22);1H. The topological polar surface area (TPSA) is 65.7 Å². The Morgan fingerprint density at radius 1 is 1.31 bits per heavy atom. The number of hydrogen-bond donors (Lipinski definition) is 2. The molecule has 0 amide bonds. The fraction of sp³-hybridized carbons (Fsp3) is 0.789. The number of nitrogens with zero attached hydrogens (tertiary/aromatic N) is 3. The maximum Gasteiger partial charge on any atom is 0.191 e. The van der Waals surface area contributed by atoms with Gasteiger partial charge in [0.2, 0.25) is 0 Å². The van der Waals surface area contributed by atoms with E-state index in [2.05, 4.69) is 55.3 Å². The van der Waals surface area contributed by atoms with Crippen molar-refractivity contribution in [2.75, 3.05) is 26.2 Å². The zero-order valence-corrected chi connectivity index (χ0v) is 19.6. The molecule has 0 radical (unpaired) electrons. The number of nitrogens with one attached hydrogen (secondary N) is 2. The molecule has 1 aliphatic rings. The van der Waals surface area contributed by atoms with Crippen LogP contribution in [0.3, 0.4) is 0 Å². The molecule has 150 valence electrons. The van der Waals surface area contributed by atoms with Gasteiger partial charge in [0, 0.05) is 49.7 Å². The molecule has 2 N–H and O–H groups in total. The average Bonchev–Trinajstić information content (AvgIpc) is 3.08. The smallest absolute Gasteiger partial charge is 0.191 e. The molecule has 0 bridgehead atoms. The number of rotatable bonds is 6. The minimum absolute atomic E-state index is 0. The van der Waals surface area contributed by atoms with Crippen molar-refractivity contribution in [3.8, 4) is 0 Å². The summed E-state index contributed by atoms with van der Waals surface area (Å²) < 4.78 is 5.29. The van der Waals surface area contributed by atoms with Crippen molar-refractivity contribution in [3.05, 3.63) is 17.0 Å². The van der Waals surface area contributed by atoms with E-state index in [0.29, 0.717) is 24.5 Å². The van der Waals surface area contributed by atoms with Crippen LogP contribution in [0.5, 0.6) is 0 Å². The lowest BCUT2D eigenvalue weighted by atomic mass is 10.00. The number of aromatic nitrogens is 1. The van der Waals surface area contributed by atoms with E-state index in [1.807, 2.05) is 13.8 Å². The predicted octanol–water partition coefficient (Wildman–Crippen LogP) is 3.30. The van der Waals surface area contributed by atoms with Crippen LogP contribution >= 0.6 is 24.0 Å². The zero-order valence-electron chi connectivity index (χ0n) is 17.3. The van der Waals surface area contributed by atoms with Crippen molar-refractivity contribution >= 4 is 29.9 Å². The van der Waals surface area contributed by atoms with Gasteiger partial charge in [0.25, 0.3) is 0 Å². The van der Waals surface area contributed by atoms with E-state index in [1.54, 1.807) is 0 Å². The lowest BCUT2D eigenvalue weighted by molar-refractivity contribution is 0.265. The van der Waals surface area contributed by atoms with Gasteiger partial charge in [0.15, 0.2) is 5.96 Å². The van der Waals surface area contributed by atoms with Crippen LogP contribution in [0.2, 0.25) is 0 Å². The SMILES string of the molecule is CCNC(=NCC(C)c1c(C)noc1C)NC1CN(C(C)C)CC1C.I. The second-order valence-electron chi connectivity index (χ2n) is 7.63. The molecule has 0 spiro atoms. The minimum Gasteiger partial charge on any atom is -0.361 e. The van der Waals surface area contributed by atoms with E-state index >= 15 is 0 Å². The Kier molecular flexibility index (Phi) is 9.36. The Bertz CT molecular complexity index is 567. The third kappa shape index (κ3) is 5.84. The van der Waals surface area contributed by atoms with Gasteiger partial charge in [-0.3, -0.25) is 9.89 Å². The van der Waals surface area contributed by atoms with Gasteiger partial charge in [0.1, 0.15) is 5.76 Å². The normalized spacial score (nSPS) is 22.4. The monoisotopic (exact) mass is 477 g/mol. The van der Waals surface area contributed by atoms with Crippen molar-refractivity contribution < 1.29 is 4.52 Å². The van der Waals surface area contributed by atoms with Crippen LogP contribution in [-0.2, 0) is 0 Å². The van der Waals surface area contributed by atoms with E-state index in [4.69, 9.17) is 9.52 Å². The van der Waals surface area contributed by atoms with Gasteiger partial charge in [-0.2, -0.15) is 0 Å². The van der Waals surface area contributed by atoms with Gasteiger partial charge in [0.05, 0.1) is 5.69 Å². The molecule has 0 aromatic carbocycles. The Morgan fingerprint density at radius 2 is 2.00 bits per heavy atom. The number of guanidine groups is 1. The highest BCUT2D eigenvalue weighted by molar-refractivity contribution is 14.0. The van der Waals surface area contributed by atoms with Crippen LogP contribution in [-0.4, -0.2) is 54.3 Å². The van der Waals surface area contributed by atoms with Crippen LogP contribution in [0.25, 0.3) is 0 Å². The van der Waals surface area contributed by atoms with Crippen LogP contribution < -0.4 is 10.6 Å². The molecule has 0 aliphatic carbocycles. The highest BCUT2D eigenvalue weighted by Crippen LogP contribution is 2.23. The lowest BCUT2D eigenvalue weighted by Crippen LogP contribution is -2.47. The van der Waals surface area contributed by atoms with Gasteiger partial charge in [-0.25, -0.2) is 0 Å². The van der Waals surface area contributed by atoms with E-state index < -0.39 is 0 Å². The third-order valence-corrected chi connectivity index (χ3v) is 5.14. The quantitative estimate of drug-likeness (QED) is 0.374. The summed E-state index contributed by atoms with van der Waals surface area (Å²) in [4.78, 5) is 7.35. The molecule has 3 unspecified atom stereocenters. The van der Waals surface area contributed by atoms with Crippen LogP contribution in [0.1, 0.15) is 57.6 Å². The summed E-state index contributed by atoms with van der Waals surface area (Å²) in [7, 11) is 0. The summed E-state index contributed by atoms with van der Waals surface area (Å²) in [5.74, 6) is 2.71. The van der Waals surface area contributed by atoms with Gasteiger partial charge in [-0.15, -0.1) is 24.0 Å². The molecule has 0 saturated carbocycles. The summed E-state index contributed by atoms with van der Waals surface area (Å²) in [5, 5.41) is 11.1. The van der Waals surface area contributed by atoms with Crippen molar-refractivity contribution in [2.45, 2.75) is 66.5 Å². The second kappa shape index (κ2) is 10.5. The van der Waals surface area contributed by atoms with Crippen molar-refractivity contribution in [2.24, 2.45) is 10.9 Å². The minimum atomic E-state index is 0. The molecule has 1 fully saturated rings. The fourth-order valence-corrected chi connectivity index (χ4v) is 3.62. The van der Waals surface area contributed by atoms with Crippen molar-refractivity contribution in [1.82, 2.24) is 20.7 Å². The largest absolute Gasteiger partial charge is 0.361 e.